The molecule has 2 atom stereocenters. The van der Waals surface area contributed by atoms with Crippen LogP contribution in [0.15, 0.2) is 11.0 Å². The molecule has 166 valence electrons. The first-order valence-electron chi connectivity index (χ1n) is 10.8. The molecule has 4 N–H and O–H groups in total. The average molecular weight is 432 g/mol. The number of anilines is 2. The fourth-order valence-corrected chi connectivity index (χ4v) is 5.85. The molecule has 5 rings (SSSR count). The van der Waals surface area contributed by atoms with Crippen LogP contribution < -0.4 is 21.4 Å². The Morgan fingerprint density at radius 1 is 1.32 bits per heavy atom. The summed E-state index contributed by atoms with van der Waals surface area (Å²) in [7, 11) is 1.89. The second-order valence-electron chi connectivity index (χ2n) is 9.29. The zero-order valence-electron chi connectivity index (χ0n) is 17.4. The van der Waals surface area contributed by atoms with Crippen molar-refractivity contribution in [3.8, 4) is 0 Å². The van der Waals surface area contributed by atoms with E-state index < -0.39 is 34.3 Å². The molecule has 3 aliphatic rings. The van der Waals surface area contributed by atoms with Crippen LogP contribution in [-0.2, 0) is 0 Å². The molecule has 0 radical (unpaired) electrons. The van der Waals surface area contributed by atoms with Crippen LogP contribution in [0.1, 0.15) is 48.5 Å². The van der Waals surface area contributed by atoms with E-state index in [1.54, 1.807) is 4.90 Å². The molecule has 31 heavy (non-hydrogen) atoms. The van der Waals surface area contributed by atoms with Gasteiger partial charge in [-0.1, -0.05) is 6.42 Å². The minimum Gasteiger partial charge on any atom is -0.477 e. The number of nitrogen functional groups attached to an aromatic ring is 1. The monoisotopic (exact) mass is 432 g/mol. The highest BCUT2D eigenvalue weighted by Crippen LogP contribution is 2.51. The molecule has 2 aliphatic carbocycles. The normalized spacial score (nSPS) is 25.4. The van der Waals surface area contributed by atoms with Gasteiger partial charge in [0.05, 0.1) is 16.6 Å². The van der Waals surface area contributed by atoms with E-state index in [4.69, 9.17) is 5.73 Å². The SMILES string of the molecule is CNC[C@@]12CCC[C@@H]1CN(c1c(F)c(N)c3c(=O)c(C(=O)O)cn(C4CC4)c3c1F)C2. The third-order valence-electron chi connectivity index (χ3n) is 7.42. The lowest BCUT2D eigenvalue weighted by atomic mass is 9.81. The number of nitrogens with two attached hydrogens (primary N) is 1. The van der Waals surface area contributed by atoms with Gasteiger partial charge in [-0.2, -0.15) is 0 Å². The number of aromatic carboxylic acids is 1. The van der Waals surface area contributed by atoms with Gasteiger partial charge in [0.2, 0.25) is 5.43 Å². The van der Waals surface area contributed by atoms with Gasteiger partial charge in [-0.3, -0.25) is 4.79 Å². The predicted molar refractivity (Wildman–Crippen MR) is 114 cm³/mol. The number of hydrogen-bond acceptors (Lipinski definition) is 5. The van der Waals surface area contributed by atoms with Gasteiger partial charge < -0.3 is 25.6 Å². The van der Waals surface area contributed by atoms with Crippen LogP contribution in [0.2, 0.25) is 0 Å². The molecule has 0 unspecified atom stereocenters. The van der Waals surface area contributed by atoms with Gasteiger partial charge in [0, 0.05) is 37.3 Å². The van der Waals surface area contributed by atoms with Gasteiger partial charge in [-0.25, -0.2) is 13.6 Å². The van der Waals surface area contributed by atoms with Crippen molar-refractivity contribution in [2.45, 2.75) is 38.1 Å². The summed E-state index contributed by atoms with van der Waals surface area (Å²) in [6.07, 6.45) is 5.76. The quantitative estimate of drug-likeness (QED) is 0.628. The van der Waals surface area contributed by atoms with Crippen LogP contribution in [0.25, 0.3) is 10.9 Å². The molecule has 0 spiro atoms. The Bertz CT molecular complexity index is 1160. The summed E-state index contributed by atoms with van der Waals surface area (Å²) in [6.45, 7) is 1.81. The van der Waals surface area contributed by atoms with Crippen molar-refractivity contribution in [3.05, 3.63) is 33.6 Å². The third kappa shape index (κ3) is 2.86. The predicted octanol–water partition coefficient (Wildman–Crippen LogP) is 2.72. The van der Waals surface area contributed by atoms with Crippen LogP contribution >= 0.6 is 0 Å². The fraction of sp³-hybridized carbons (Fsp3) is 0.545. The van der Waals surface area contributed by atoms with Crippen molar-refractivity contribution in [1.29, 1.82) is 0 Å². The molecule has 1 aromatic heterocycles. The maximum atomic E-state index is 16.0. The summed E-state index contributed by atoms with van der Waals surface area (Å²) in [6, 6.07) is -0.123. The largest absolute Gasteiger partial charge is 0.477 e. The zero-order chi connectivity index (χ0) is 22.1. The summed E-state index contributed by atoms with van der Waals surface area (Å²) in [5, 5.41) is 12.3. The van der Waals surface area contributed by atoms with Gasteiger partial charge in [0.25, 0.3) is 0 Å². The number of nitrogens with one attached hydrogen (secondary N) is 1. The number of halogens is 2. The number of nitrogens with zero attached hydrogens (tertiary/aromatic N) is 2. The van der Waals surface area contributed by atoms with Gasteiger partial charge in [-0.15, -0.1) is 0 Å². The molecule has 2 saturated carbocycles. The van der Waals surface area contributed by atoms with Crippen molar-refractivity contribution in [2.75, 3.05) is 37.3 Å². The Kier molecular flexibility index (Phi) is 4.51. The minimum atomic E-state index is -1.44. The third-order valence-corrected chi connectivity index (χ3v) is 7.42. The topological polar surface area (TPSA) is 101 Å². The van der Waals surface area contributed by atoms with E-state index in [1.165, 1.54) is 10.8 Å². The number of carboxylic acid groups (broad SMARTS) is 1. The second-order valence-corrected chi connectivity index (χ2v) is 9.29. The molecule has 0 bridgehead atoms. The molecule has 0 amide bonds. The number of hydrogen-bond donors (Lipinski definition) is 3. The van der Waals surface area contributed by atoms with Crippen LogP contribution in [0.3, 0.4) is 0 Å². The van der Waals surface area contributed by atoms with Crippen molar-refractivity contribution >= 4 is 28.2 Å². The van der Waals surface area contributed by atoms with E-state index >= 15 is 8.78 Å². The molecule has 1 aromatic carbocycles. The van der Waals surface area contributed by atoms with E-state index in [0.29, 0.717) is 19.0 Å². The molecule has 7 nitrogen and oxygen atoms in total. The summed E-state index contributed by atoms with van der Waals surface area (Å²) < 4.78 is 32.9. The van der Waals surface area contributed by atoms with Crippen molar-refractivity contribution in [3.63, 3.8) is 0 Å². The van der Waals surface area contributed by atoms with Gasteiger partial charge in [0.15, 0.2) is 11.6 Å². The van der Waals surface area contributed by atoms with E-state index in [-0.39, 0.29) is 28.0 Å². The van der Waals surface area contributed by atoms with E-state index in [2.05, 4.69) is 5.32 Å². The van der Waals surface area contributed by atoms with Gasteiger partial charge in [-0.05, 0) is 38.6 Å². The number of rotatable bonds is 5. The first-order valence-corrected chi connectivity index (χ1v) is 10.8. The standard InChI is InChI=1S/C22H26F2N4O3/c1-26-9-22-6-2-3-11(22)7-27(10-22)19-15(23)17(25)14-18(16(19)24)28(12-4-5-12)8-13(20(14)29)21(30)31/h8,11-12,26H,2-7,9-10,25H2,1H3,(H,30,31)/t11-,22-/m1/s1. The van der Waals surface area contributed by atoms with Crippen LogP contribution in [0.5, 0.6) is 0 Å². The highest BCUT2D eigenvalue weighted by Gasteiger charge is 2.50. The Morgan fingerprint density at radius 3 is 2.71 bits per heavy atom. The molecule has 9 heteroatoms. The number of fused-ring (bicyclic) bond motifs is 2. The van der Waals surface area contributed by atoms with Gasteiger partial charge in [0.1, 0.15) is 11.3 Å². The molecule has 1 aliphatic heterocycles. The number of carboxylic acids is 1. The Balaban J connectivity index is 1.73. The lowest BCUT2D eigenvalue weighted by molar-refractivity contribution is 0.0695. The molecular weight excluding hydrogens is 406 g/mol. The van der Waals surface area contributed by atoms with E-state index in [0.717, 1.165) is 38.6 Å². The zero-order valence-corrected chi connectivity index (χ0v) is 17.4. The highest BCUT2D eigenvalue weighted by atomic mass is 19.1. The van der Waals surface area contributed by atoms with Crippen molar-refractivity contribution < 1.29 is 18.7 Å². The van der Waals surface area contributed by atoms with Crippen molar-refractivity contribution in [2.24, 2.45) is 11.3 Å². The Hall–Kier alpha value is -2.68. The first-order chi connectivity index (χ1) is 14.8. The Morgan fingerprint density at radius 2 is 2.06 bits per heavy atom. The molecule has 2 heterocycles. The Labute approximate surface area is 177 Å². The molecule has 1 saturated heterocycles. The van der Waals surface area contributed by atoms with Gasteiger partial charge >= 0.3 is 5.97 Å². The van der Waals surface area contributed by atoms with E-state index in [9.17, 15) is 14.7 Å². The lowest BCUT2D eigenvalue weighted by Gasteiger charge is -2.29. The first kappa shape index (κ1) is 20.2. The number of carbonyl (C=O) groups is 1. The van der Waals surface area contributed by atoms with Crippen LogP contribution in [0.4, 0.5) is 20.2 Å². The highest BCUT2D eigenvalue weighted by molar-refractivity contribution is 5.99. The summed E-state index contributed by atoms with van der Waals surface area (Å²) in [4.78, 5) is 26.1. The second kappa shape index (κ2) is 6.91. The minimum absolute atomic E-state index is 0.0410. The van der Waals surface area contributed by atoms with Crippen molar-refractivity contribution in [1.82, 2.24) is 9.88 Å². The number of pyridine rings is 1. The lowest BCUT2D eigenvalue weighted by Crippen LogP contribution is -2.37. The summed E-state index contributed by atoms with van der Waals surface area (Å²) in [5.41, 5.74) is 3.74. The fourth-order valence-electron chi connectivity index (χ4n) is 5.85. The molecule has 3 fully saturated rings. The van der Waals surface area contributed by atoms with E-state index in [1.807, 2.05) is 7.05 Å². The maximum absolute atomic E-state index is 16.0. The average Bonchev–Trinajstić information content (AvgIpc) is 3.40. The smallest absolute Gasteiger partial charge is 0.341 e. The molecular formula is C22H26F2N4O3. The van der Waals surface area contributed by atoms with Crippen LogP contribution in [0, 0.1) is 23.0 Å². The molecule has 2 aromatic rings. The number of benzene rings is 1. The maximum Gasteiger partial charge on any atom is 0.341 e. The number of aromatic nitrogens is 1. The summed E-state index contributed by atoms with van der Waals surface area (Å²) in [5.74, 6) is -2.92. The van der Waals surface area contributed by atoms with Crippen LogP contribution in [-0.4, -0.2) is 42.3 Å². The summed E-state index contributed by atoms with van der Waals surface area (Å²) >= 11 is 0.